The number of nitrogens with zero attached hydrogens (tertiary/aromatic N) is 1. The number of hydrogen-bond acceptors (Lipinski definition) is 3. The lowest BCUT2D eigenvalue weighted by atomic mass is 10.2. The highest BCUT2D eigenvalue weighted by Crippen LogP contribution is 2.13. The van der Waals surface area contributed by atoms with E-state index in [2.05, 4.69) is 15.6 Å². The standard InChI is InChI=1S/C20H27N3O2S/c1-16-8-7-9-18(14-16)25-17(2)15-23-20(21-3)22-12-13-26(24)19-10-5-4-6-11-19/h4-11,14,17H,12-13,15H2,1-3H3,(H2,21,22,23). The van der Waals surface area contributed by atoms with Gasteiger partial charge in [-0.3, -0.25) is 9.20 Å². The van der Waals surface area contributed by atoms with E-state index in [0.29, 0.717) is 24.8 Å². The molecule has 0 saturated carbocycles. The van der Waals surface area contributed by atoms with Crippen molar-refractivity contribution in [3.8, 4) is 5.75 Å². The van der Waals surface area contributed by atoms with E-state index in [4.69, 9.17) is 4.74 Å². The largest absolute Gasteiger partial charge is 0.489 e. The number of rotatable bonds is 8. The first-order valence-corrected chi connectivity index (χ1v) is 10.0. The van der Waals surface area contributed by atoms with Crippen LogP contribution in [0.2, 0.25) is 0 Å². The van der Waals surface area contributed by atoms with Crippen molar-refractivity contribution in [3.63, 3.8) is 0 Å². The summed E-state index contributed by atoms with van der Waals surface area (Å²) in [4.78, 5) is 5.04. The van der Waals surface area contributed by atoms with Gasteiger partial charge in [0.15, 0.2) is 5.96 Å². The molecule has 0 aliphatic carbocycles. The predicted molar refractivity (Wildman–Crippen MR) is 108 cm³/mol. The van der Waals surface area contributed by atoms with Crippen molar-refractivity contribution in [2.75, 3.05) is 25.9 Å². The van der Waals surface area contributed by atoms with Crippen LogP contribution in [0.25, 0.3) is 0 Å². The zero-order chi connectivity index (χ0) is 18.8. The van der Waals surface area contributed by atoms with Gasteiger partial charge in [-0.2, -0.15) is 0 Å². The molecule has 0 amide bonds. The maximum atomic E-state index is 12.2. The van der Waals surface area contributed by atoms with Gasteiger partial charge in [-0.25, -0.2) is 0 Å². The van der Waals surface area contributed by atoms with Crippen LogP contribution in [0.4, 0.5) is 0 Å². The lowest BCUT2D eigenvalue weighted by molar-refractivity contribution is 0.223. The van der Waals surface area contributed by atoms with Gasteiger partial charge in [-0.15, -0.1) is 0 Å². The minimum atomic E-state index is -1.01. The van der Waals surface area contributed by atoms with Gasteiger partial charge in [-0.1, -0.05) is 30.3 Å². The Labute approximate surface area is 158 Å². The van der Waals surface area contributed by atoms with Crippen LogP contribution in [0.15, 0.2) is 64.5 Å². The smallest absolute Gasteiger partial charge is 0.191 e. The van der Waals surface area contributed by atoms with Crippen LogP contribution in [0.3, 0.4) is 0 Å². The summed E-state index contributed by atoms with van der Waals surface area (Å²) in [6.45, 7) is 5.25. The number of benzene rings is 2. The number of nitrogens with one attached hydrogen (secondary N) is 2. The molecule has 0 aromatic heterocycles. The molecule has 0 aliphatic rings. The zero-order valence-electron chi connectivity index (χ0n) is 15.6. The van der Waals surface area contributed by atoms with Crippen LogP contribution in [-0.4, -0.2) is 42.2 Å². The lowest BCUT2D eigenvalue weighted by Gasteiger charge is -2.18. The summed E-state index contributed by atoms with van der Waals surface area (Å²) in [7, 11) is 0.705. The normalized spacial score (nSPS) is 13.7. The minimum Gasteiger partial charge on any atom is -0.489 e. The maximum absolute atomic E-state index is 12.2. The monoisotopic (exact) mass is 373 g/mol. The SMILES string of the molecule is CN=C(NCCS(=O)c1ccccc1)NCC(C)Oc1cccc(C)c1. The third-order valence-corrected chi connectivity index (χ3v) is 5.07. The van der Waals surface area contributed by atoms with Crippen molar-refractivity contribution < 1.29 is 8.95 Å². The molecule has 0 heterocycles. The summed E-state index contributed by atoms with van der Waals surface area (Å²) < 4.78 is 18.1. The van der Waals surface area contributed by atoms with Gasteiger partial charge < -0.3 is 15.4 Å². The molecule has 2 unspecified atom stereocenters. The molecule has 0 saturated heterocycles. The first-order valence-electron chi connectivity index (χ1n) is 8.69. The molecule has 2 aromatic carbocycles. The Bertz CT molecular complexity index is 735. The van der Waals surface area contributed by atoms with E-state index in [0.717, 1.165) is 10.6 Å². The number of ether oxygens (including phenoxy) is 1. The Morgan fingerprint density at radius 2 is 1.92 bits per heavy atom. The Kier molecular flexibility index (Phi) is 8.15. The number of aliphatic imine (C=N–C) groups is 1. The summed E-state index contributed by atoms with van der Waals surface area (Å²) in [6.07, 6.45) is -0.00574. The Morgan fingerprint density at radius 3 is 2.62 bits per heavy atom. The highest BCUT2D eigenvalue weighted by molar-refractivity contribution is 7.85. The molecule has 0 radical (unpaired) electrons. The number of aryl methyl sites for hydroxylation is 1. The Balaban J connectivity index is 1.71. The van der Waals surface area contributed by atoms with Gasteiger partial charge >= 0.3 is 0 Å². The fourth-order valence-electron chi connectivity index (χ4n) is 2.38. The first kappa shape index (κ1) is 20.0. The second-order valence-corrected chi connectivity index (χ2v) is 7.56. The Morgan fingerprint density at radius 1 is 1.15 bits per heavy atom. The van der Waals surface area contributed by atoms with Gasteiger partial charge in [0.05, 0.1) is 17.3 Å². The van der Waals surface area contributed by atoms with E-state index in [-0.39, 0.29) is 6.10 Å². The molecule has 0 spiro atoms. The summed E-state index contributed by atoms with van der Waals surface area (Å²) in [5.41, 5.74) is 1.17. The van der Waals surface area contributed by atoms with Gasteiger partial charge in [0, 0.05) is 24.2 Å². The fourth-order valence-corrected chi connectivity index (χ4v) is 3.36. The van der Waals surface area contributed by atoms with Crippen molar-refractivity contribution in [2.45, 2.75) is 24.8 Å². The van der Waals surface area contributed by atoms with E-state index in [1.54, 1.807) is 7.05 Å². The average molecular weight is 374 g/mol. The van der Waals surface area contributed by atoms with Crippen molar-refractivity contribution in [3.05, 3.63) is 60.2 Å². The van der Waals surface area contributed by atoms with Crippen LogP contribution in [0, 0.1) is 6.92 Å². The van der Waals surface area contributed by atoms with Crippen molar-refractivity contribution in [1.29, 1.82) is 0 Å². The number of hydrogen-bond donors (Lipinski definition) is 2. The molecule has 5 nitrogen and oxygen atoms in total. The van der Waals surface area contributed by atoms with Gasteiger partial charge in [0.2, 0.25) is 0 Å². The van der Waals surface area contributed by atoms with Crippen LogP contribution >= 0.6 is 0 Å². The van der Waals surface area contributed by atoms with Gasteiger partial charge in [-0.05, 0) is 43.7 Å². The topological polar surface area (TPSA) is 62.7 Å². The van der Waals surface area contributed by atoms with Crippen LogP contribution < -0.4 is 15.4 Å². The predicted octanol–water partition coefficient (Wildman–Crippen LogP) is 2.74. The lowest BCUT2D eigenvalue weighted by Crippen LogP contribution is -2.42. The fraction of sp³-hybridized carbons (Fsp3) is 0.350. The van der Waals surface area contributed by atoms with E-state index < -0.39 is 10.8 Å². The van der Waals surface area contributed by atoms with E-state index >= 15 is 0 Å². The molecule has 26 heavy (non-hydrogen) atoms. The van der Waals surface area contributed by atoms with E-state index in [9.17, 15) is 4.21 Å². The molecule has 6 heteroatoms. The summed E-state index contributed by atoms with van der Waals surface area (Å²) >= 11 is 0. The molecular formula is C20H27N3O2S. The highest BCUT2D eigenvalue weighted by atomic mass is 32.2. The van der Waals surface area contributed by atoms with Crippen molar-refractivity contribution in [1.82, 2.24) is 10.6 Å². The molecule has 2 atom stereocenters. The zero-order valence-corrected chi connectivity index (χ0v) is 16.4. The quantitative estimate of drug-likeness (QED) is 0.552. The number of guanidine groups is 1. The third kappa shape index (κ3) is 6.88. The molecule has 0 aliphatic heterocycles. The van der Waals surface area contributed by atoms with Gasteiger partial charge in [0.1, 0.15) is 11.9 Å². The second-order valence-electron chi connectivity index (χ2n) is 5.99. The highest BCUT2D eigenvalue weighted by Gasteiger charge is 2.07. The molecule has 0 bridgehead atoms. The van der Waals surface area contributed by atoms with Crippen LogP contribution in [-0.2, 0) is 10.8 Å². The van der Waals surface area contributed by atoms with E-state index in [1.807, 2.05) is 68.4 Å². The molecule has 140 valence electrons. The molecular weight excluding hydrogens is 346 g/mol. The summed E-state index contributed by atoms with van der Waals surface area (Å²) in [6, 6.07) is 17.5. The van der Waals surface area contributed by atoms with Crippen LogP contribution in [0.5, 0.6) is 5.75 Å². The molecule has 2 rings (SSSR count). The maximum Gasteiger partial charge on any atom is 0.191 e. The first-order chi connectivity index (χ1) is 12.6. The van der Waals surface area contributed by atoms with E-state index in [1.165, 1.54) is 5.56 Å². The minimum absolute atomic E-state index is 0.00574. The van der Waals surface area contributed by atoms with Crippen LogP contribution in [0.1, 0.15) is 12.5 Å². The van der Waals surface area contributed by atoms with Crippen molar-refractivity contribution >= 4 is 16.8 Å². The molecule has 0 fully saturated rings. The third-order valence-electron chi connectivity index (χ3n) is 3.69. The summed E-state index contributed by atoms with van der Waals surface area (Å²) in [5.74, 6) is 2.07. The average Bonchev–Trinajstić information content (AvgIpc) is 2.65. The Hall–Kier alpha value is -2.34. The van der Waals surface area contributed by atoms with Crippen molar-refractivity contribution in [2.24, 2.45) is 4.99 Å². The second kappa shape index (κ2) is 10.6. The van der Waals surface area contributed by atoms with Gasteiger partial charge in [0.25, 0.3) is 0 Å². The molecule has 2 aromatic rings. The molecule has 2 N–H and O–H groups in total. The summed E-state index contributed by atoms with van der Waals surface area (Å²) in [5, 5.41) is 6.42.